The molecule has 0 spiro atoms. The van der Waals surface area contributed by atoms with E-state index in [1.54, 1.807) is 15.9 Å². The van der Waals surface area contributed by atoms with E-state index in [0.29, 0.717) is 75.1 Å². The number of benzene rings is 5. The van der Waals surface area contributed by atoms with Crippen molar-refractivity contribution in [1.29, 1.82) is 0 Å². The first-order valence-electron chi connectivity index (χ1n) is 25.3. The first-order chi connectivity index (χ1) is 33.9. The van der Waals surface area contributed by atoms with Crippen molar-refractivity contribution in [2.45, 2.75) is 123 Å². The van der Waals surface area contributed by atoms with Crippen molar-refractivity contribution in [3.63, 3.8) is 0 Å². The average molecular weight is 953 g/mol. The molecule has 370 valence electrons. The summed E-state index contributed by atoms with van der Waals surface area (Å²) in [6, 6.07) is 36.7. The summed E-state index contributed by atoms with van der Waals surface area (Å²) in [6.45, 7) is 13.6. The van der Waals surface area contributed by atoms with Gasteiger partial charge in [-0.1, -0.05) is 132 Å². The first-order valence-corrected chi connectivity index (χ1v) is 25.3. The third-order valence-corrected chi connectivity index (χ3v) is 14.5. The smallest absolute Gasteiger partial charge is 0.247 e. The van der Waals surface area contributed by atoms with Crippen LogP contribution in [0, 0.1) is 17.6 Å². The van der Waals surface area contributed by atoms with Gasteiger partial charge in [0.2, 0.25) is 23.6 Å². The topological polar surface area (TPSA) is 105 Å². The molecule has 2 N–H and O–H groups in total. The highest BCUT2D eigenvalue weighted by Crippen LogP contribution is 2.38. The fraction of sp³-hybridized carbons (Fsp3) is 0.414. The molecular formula is C58H70F2N6O4. The normalized spacial score (nSPS) is 17.5. The molecule has 2 heterocycles. The number of hydrogen-bond donors (Lipinski definition) is 2. The summed E-state index contributed by atoms with van der Waals surface area (Å²) in [6.07, 6.45) is 6.41. The molecule has 5 aromatic rings. The molecule has 2 aliphatic heterocycles. The predicted octanol–water partition coefficient (Wildman–Crippen LogP) is 11.3. The second kappa shape index (κ2) is 23.9. The third kappa shape index (κ3) is 12.1. The zero-order valence-corrected chi connectivity index (χ0v) is 41.5. The van der Waals surface area contributed by atoms with Gasteiger partial charge in [0.15, 0.2) is 11.6 Å². The van der Waals surface area contributed by atoms with Gasteiger partial charge in [-0.2, -0.15) is 0 Å². The zero-order chi connectivity index (χ0) is 49.8. The van der Waals surface area contributed by atoms with Gasteiger partial charge in [0.25, 0.3) is 0 Å². The minimum Gasteiger partial charge on any atom is -0.363 e. The van der Waals surface area contributed by atoms with E-state index in [0.717, 1.165) is 66.8 Å². The van der Waals surface area contributed by atoms with Gasteiger partial charge in [0.05, 0.1) is 5.41 Å². The highest BCUT2D eigenvalue weighted by Gasteiger charge is 2.45. The zero-order valence-electron chi connectivity index (χ0n) is 41.5. The minimum atomic E-state index is -0.958. The molecule has 0 saturated carbocycles. The van der Waals surface area contributed by atoms with Crippen molar-refractivity contribution in [2.75, 3.05) is 41.7 Å². The summed E-state index contributed by atoms with van der Waals surface area (Å²) >= 11 is 0. The van der Waals surface area contributed by atoms with Crippen LogP contribution < -0.4 is 15.5 Å². The molecule has 2 saturated heterocycles. The Kier molecular flexibility index (Phi) is 17.6. The van der Waals surface area contributed by atoms with Crippen LogP contribution in [0.1, 0.15) is 114 Å². The lowest BCUT2D eigenvalue weighted by Crippen LogP contribution is -2.51. The Bertz CT molecular complexity index is 2520. The number of amides is 4. The van der Waals surface area contributed by atoms with Crippen molar-refractivity contribution in [3.05, 3.63) is 161 Å². The molecule has 0 aliphatic carbocycles. The van der Waals surface area contributed by atoms with Gasteiger partial charge in [-0.15, -0.1) is 0 Å². The number of anilines is 3. The lowest BCUT2D eigenvalue weighted by Gasteiger charge is -2.37. The second-order valence-corrected chi connectivity index (χ2v) is 19.2. The Labute approximate surface area is 413 Å². The molecule has 0 aromatic heterocycles. The van der Waals surface area contributed by atoms with E-state index < -0.39 is 35.2 Å². The summed E-state index contributed by atoms with van der Waals surface area (Å²) in [5.74, 6) is -2.06. The highest BCUT2D eigenvalue weighted by atomic mass is 19.2. The van der Waals surface area contributed by atoms with E-state index in [1.165, 1.54) is 6.07 Å². The SMILES string of the molecule is CCCC(CC)CC(C)(C(=O)N1CCCC1C(=O)Nc1ccc(CN(Cc2ccc(NC(=O)C3CCCN3C(=O)C(c3ccccc3)N(CC)CC)cc2)c2ccc(F)c(F)c2)cc1)c1ccccc1. The van der Waals surface area contributed by atoms with Crippen LogP contribution in [0.25, 0.3) is 0 Å². The molecular weight excluding hydrogens is 883 g/mol. The second-order valence-electron chi connectivity index (χ2n) is 19.2. The molecule has 0 radical (unpaired) electrons. The standard InChI is InChI=1S/C58H70F2N6O4/c1-6-18-41(7-2)38-58(5,45-21-14-11-15-22-45)57(70)66-36-17-24-52(66)55(68)62-47-31-27-43(28-32-47)40-64(48-33-34-49(59)50(60)37-48)39-42-25-29-46(30-26-42)61-54(67)51-23-16-35-65(51)56(69)53(63(8-3)9-4)44-19-12-10-13-20-44/h10-15,19-22,25-34,37,41,51-53H,6-9,16-18,23-24,35-36,38-40H2,1-5H3,(H,61,67)(H,62,68). The van der Waals surface area contributed by atoms with E-state index in [-0.39, 0.29) is 23.6 Å². The number of halogens is 2. The van der Waals surface area contributed by atoms with E-state index >= 15 is 0 Å². The number of nitrogens with one attached hydrogen (secondary N) is 2. The van der Waals surface area contributed by atoms with E-state index in [2.05, 4.69) is 29.4 Å². The van der Waals surface area contributed by atoms with Gasteiger partial charge < -0.3 is 25.3 Å². The predicted molar refractivity (Wildman–Crippen MR) is 275 cm³/mol. The Morgan fingerprint density at radius 1 is 0.671 bits per heavy atom. The summed E-state index contributed by atoms with van der Waals surface area (Å²) in [5, 5.41) is 6.11. The molecule has 2 aliphatic rings. The first kappa shape index (κ1) is 51.5. The molecule has 5 aromatic carbocycles. The number of likely N-dealkylation sites (tertiary alicyclic amines) is 2. The van der Waals surface area contributed by atoms with Crippen molar-refractivity contribution in [2.24, 2.45) is 5.92 Å². The number of likely N-dealkylation sites (N-methyl/N-ethyl adjacent to an activating group) is 1. The molecule has 0 bridgehead atoms. The number of rotatable bonds is 21. The van der Waals surface area contributed by atoms with Crippen LogP contribution >= 0.6 is 0 Å². The Balaban J connectivity index is 1.01. The van der Waals surface area contributed by atoms with Crippen molar-refractivity contribution < 1.29 is 28.0 Å². The molecule has 70 heavy (non-hydrogen) atoms. The maximum Gasteiger partial charge on any atom is 0.247 e. The molecule has 10 nitrogen and oxygen atoms in total. The minimum absolute atomic E-state index is 0.00890. The van der Waals surface area contributed by atoms with Crippen molar-refractivity contribution >= 4 is 40.7 Å². The molecule has 7 rings (SSSR count). The van der Waals surface area contributed by atoms with E-state index in [4.69, 9.17) is 0 Å². The Morgan fingerprint density at radius 3 is 1.71 bits per heavy atom. The van der Waals surface area contributed by atoms with E-state index in [9.17, 15) is 28.0 Å². The van der Waals surface area contributed by atoms with Crippen molar-refractivity contribution in [1.82, 2.24) is 14.7 Å². The van der Waals surface area contributed by atoms with Crippen LogP contribution in [-0.2, 0) is 37.7 Å². The maximum atomic E-state index is 14.7. The van der Waals surface area contributed by atoms with Crippen LogP contribution in [0.15, 0.2) is 127 Å². The monoisotopic (exact) mass is 953 g/mol. The number of nitrogens with zero attached hydrogens (tertiary/aromatic N) is 4. The number of hydrogen-bond acceptors (Lipinski definition) is 6. The van der Waals surface area contributed by atoms with Gasteiger partial charge in [0, 0.05) is 49.3 Å². The lowest BCUT2D eigenvalue weighted by molar-refractivity contribution is -0.142. The van der Waals surface area contributed by atoms with Crippen molar-refractivity contribution in [3.8, 4) is 0 Å². The summed E-state index contributed by atoms with van der Waals surface area (Å²) in [4.78, 5) is 64.2. The quantitative estimate of drug-likeness (QED) is 0.0759. The highest BCUT2D eigenvalue weighted by molar-refractivity contribution is 6.00. The third-order valence-electron chi connectivity index (χ3n) is 14.5. The van der Waals surface area contributed by atoms with E-state index in [1.807, 2.05) is 135 Å². The molecule has 5 atom stereocenters. The summed E-state index contributed by atoms with van der Waals surface area (Å²) in [5.41, 5.74) is 4.50. The molecule has 4 amide bonds. The van der Waals surface area contributed by atoms with Crippen LogP contribution in [0.3, 0.4) is 0 Å². The fourth-order valence-electron chi connectivity index (χ4n) is 10.6. The lowest BCUT2D eigenvalue weighted by atomic mass is 9.72. The Hall–Kier alpha value is -6.40. The maximum absolute atomic E-state index is 14.7. The molecule has 12 heteroatoms. The van der Waals surface area contributed by atoms with Gasteiger partial charge in [-0.05, 0) is 117 Å². The van der Waals surface area contributed by atoms with Gasteiger partial charge in [-0.25, -0.2) is 8.78 Å². The van der Waals surface area contributed by atoms with Gasteiger partial charge in [-0.3, -0.25) is 24.1 Å². The fourth-order valence-corrected chi connectivity index (χ4v) is 10.6. The summed E-state index contributed by atoms with van der Waals surface area (Å²) in [7, 11) is 0. The van der Waals surface area contributed by atoms with Crippen LogP contribution in [0.2, 0.25) is 0 Å². The van der Waals surface area contributed by atoms with Gasteiger partial charge >= 0.3 is 0 Å². The number of carbonyl (C=O) groups is 4. The molecule has 5 unspecified atom stereocenters. The largest absolute Gasteiger partial charge is 0.363 e. The van der Waals surface area contributed by atoms with Crippen LogP contribution in [-0.4, -0.2) is 76.6 Å². The van der Waals surface area contributed by atoms with Gasteiger partial charge in [0.1, 0.15) is 18.1 Å². The molecule has 2 fully saturated rings. The summed E-state index contributed by atoms with van der Waals surface area (Å²) < 4.78 is 28.9. The van der Waals surface area contributed by atoms with Crippen LogP contribution in [0.5, 0.6) is 0 Å². The number of carbonyl (C=O) groups excluding carboxylic acids is 4. The average Bonchev–Trinajstić information content (AvgIpc) is 4.09. The Morgan fingerprint density at radius 2 is 1.20 bits per heavy atom. The van der Waals surface area contributed by atoms with Crippen LogP contribution in [0.4, 0.5) is 25.8 Å².